The Morgan fingerprint density at radius 3 is 2.31 bits per heavy atom. The van der Waals surface area contributed by atoms with E-state index in [1.165, 1.54) is 16.3 Å². The molecule has 0 radical (unpaired) electrons. The van der Waals surface area contributed by atoms with Crippen molar-refractivity contribution in [3.63, 3.8) is 0 Å². The molecule has 3 heteroatoms. The van der Waals surface area contributed by atoms with Crippen molar-refractivity contribution in [2.24, 2.45) is 0 Å². The van der Waals surface area contributed by atoms with Crippen LogP contribution in [0.2, 0.25) is 0 Å². The predicted octanol–water partition coefficient (Wildman–Crippen LogP) is 2.63. The minimum absolute atomic E-state index is 0. The fourth-order valence-electron chi connectivity index (χ4n) is 1.31. The first kappa shape index (κ1) is 15.1. The van der Waals surface area contributed by atoms with Crippen LogP contribution in [0.25, 0.3) is 10.8 Å². The Kier molecular flexibility index (Phi) is 7.14. The molecular weight excluding hydrogens is 243 g/mol. The van der Waals surface area contributed by atoms with E-state index in [0.29, 0.717) is 0 Å². The number of benzene rings is 1. The minimum atomic E-state index is 0. The molecule has 0 heterocycles. The van der Waals surface area contributed by atoms with Crippen LogP contribution in [0.5, 0.6) is 0 Å². The predicted molar refractivity (Wildman–Crippen MR) is 45.7 cm³/mol. The van der Waals surface area contributed by atoms with E-state index < -0.39 is 0 Å². The Morgan fingerprint density at radius 1 is 1.08 bits per heavy atom. The molecule has 2 aromatic carbocycles. The number of aryl methyl sites for hydroxylation is 1. The first-order valence-corrected chi connectivity index (χ1v) is 3.48. The normalized spacial score (nSPS) is 8.08. The first-order valence-electron chi connectivity index (χ1n) is 3.48. The second-order valence-electron chi connectivity index (χ2n) is 2.66. The van der Waals surface area contributed by atoms with Crippen molar-refractivity contribution in [3.05, 3.63) is 42.0 Å². The van der Waals surface area contributed by atoms with Gasteiger partial charge in [-0.3, -0.25) is 0 Å². The zero-order valence-electron chi connectivity index (χ0n) is 7.28. The summed E-state index contributed by atoms with van der Waals surface area (Å²) in [5, 5.41) is 2.69. The molecule has 2 aromatic rings. The van der Waals surface area contributed by atoms with E-state index in [9.17, 15) is 0 Å². The van der Waals surface area contributed by atoms with Crippen molar-refractivity contribution >= 4 is 10.8 Å². The van der Waals surface area contributed by atoms with Gasteiger partial charge in [-0.05, 0) is 0 Å². The molecule has 0 amide bonds. The van der Waals surface area contributed by atoms with Crippen LogP contribution in [0.4, 0.5) is 0 Å². The van der Waals surface area contributed by atoms with Gasteiger partial charge in [-0.2, -0.15) is 6.07 Å². The summed E-state index contributed by atoms with van der Waals surface area (Å²) in [7, 11) is 0. The Balaban J connectivity index is 0. The summed E-state index contributed by atoms with van der Waals surface area (Å²) in [5.41, 5.74) is 1.35. The molecule has 0 atom stereocenters. The van der Waals surface area contributed by atoms with Crippen molar-refractivity contribution in [3.8, 4) is 0 Å². The summed E-state index contributed by atoms with van der Waals surface area (Å²) in [6, 6.07) is 12.8. The number of hydrogen-bond donors (Lipinski definition) is 0. The largest absolute Gasteiger partial charge is 4.00 e. The van der Waals surface area contributed by atoms with Crippen LogP contribution in [0, 0.1) is 6.92 Å². The Morgan fingerprint density at radius 2 is 1.69 bits per heavy atom. The quantitative estimate of drug-likeness (QED) is 0.647. The first-order chi connectivity index (χ1) is 4.86. The smallest absolute Gasteiger partial charge is 2.00 e. The van der Waals surface area contributed by atoms with Crippen LogP contribution < -0.4 is 0 Å². The van der Waals surface area contributed by atoms with E-state index in [-0.39, 0.29) is 37.2 Å². The fourth-order valence-corrected chi connectivity index (χ4v) is 1.31. The second-order valence-corrected chi connectivity index (χ2v) is 2.66. The van der Waals surface area contributed by atoms with Crippen LogP contribution >= 0.6 is 0 Å². The molecule has 0 fully saturated rings. The van der Waals surface area contributed by atoms with Crippen LogP contribution in [-0.4, -0.2) is 0 Å². The summed E-state index contributed by atoms with van der Waals surface area (Å²) < 4.78 is 0. The fraction of sp³-hybridized carbons (Fsp3) is 0.100. The number of fused-ring (bicyclic) bond motifs is 1. The standard InChI is InChI=1S/C10H9.2O.Zr/c1-8-6-9-4-2-3-5-10(9)7-8;;;/h2-7H,1H3;;;/q-1;2*-2;+4. The third kappa shape index (κ3) is 3.11. The zero-order valence-corrected chi connectivity index (χ0v) is 9.74. The molecule has 0 bridgehead atoms. The molecule has 0 saturated heterocycles. The van der Waals surface area contributed by atoms with Crippen molar-refractivity contribution in [1.82, 2.24) is 0 Å². The third-order valence-corrected chi connectivity index (χ3v) is 1.76. The van der Waals surface area contributed by atoms with Gasteiger partial charge in [0.2, 0.25) is 0 Å². The van der Waals surface area contributed by atoms with Gasteiger partial charge < -0.3 is 11.0 Å². The molecule has 0 unspecified atom stereocenters. The topological polar surface area (TPSA) is 57.0 Å². The Bertz CT molecular complexity index is 321. The average Bonchev–Trinajstić information content (AvgIpc) is 2.27. The number of hydrogen-bond acceptors (Lipinski definition) is 0. The molecule has 13 heavy (non-hydrogen) atoms. The Labute approximate surface area is 96.7 Å². The van der Waals surface area contributed by atoms with Gasteiger partial charge in [-0.15, -0.1) is 40.6 Å². The van der Waals surface area contributed by atoms with Crippen LogP contribution in [0.15, 0.2) is 36.4 Å². The maximum absolute atomic E-state index is 2.20. The van der Waals surface area contributed by atoms with Gasteiger partial charge in [0.05, 0.1) is 0 Å². The number of rotatable bonds is 0. The van der Waals surface area contributed by atoms with Crippen molar-refractivity contribution < 1.29 is 37.2 Å². The van der Waals surface area contributed by atoms with E-state index in [0.717, 1.165) is 0 Å². The van der Waals surface area contributed by atoms with E-state index in [1.54, 1.807) is 0 Å². The summed E-state index contributed by atoms with van der Waals surface area (Å²) in [5.74, 6) is 0. The van der Waals surface area contributed by atoms with Crippen LogP contribution in [-0.2, 0) is 37.2 Å². The van der Waals surface area contributed by atoms with E-state index in [1.807, 2.05) is 0 Å². The zero-order chi connectivity index (χ0) is 6.97. The van der Waals surface area contributed by atoms with E-state index in [4.69, 9.17) is 0 Å². The molecule has 2 nitrogen and oxygen atoms in total. The molecule has 0 N–H and O–H groups in total. The van der Waals surface area contributed by atoms with Gasteiger partial charge in [-0.25, -0.2) is 0 Å². The molecule has 2 rings (SSSR count). The molecule has 0 spiro atoms. The summed E-state index contributed by atoms with van der Waals surface area (Å²) in [6.07, 6.45) is 0. The summed E-state index contributed by atoms with van der Waals surface area (Å²) in [4.78, 5) is 0. The van der Waals surface area contributed by atoms with Gasteiger partial charge in [-0.1, -0.05) is 13.0 Å². The molecule has 0 aliphatic carbocycles. The molecule has 0 aliphatic heterocycles. The third-order valence-electron chi connectivity index (χ3n) is 1.76. The maximum atomic E-state index is 2.20. The van der Waals surface area contributed by atoms with Crippen molar-refractivity contribution in [1.29, 1.82) is 0 Å². The van der Waals surface area contributed by atoms with Crippen LogP contribution in [0.1, 0.15) is 5.56 Å². The maximum Gasteiger partial charge on any atom is 4.00 e. The van der Waals surface area contributed by atoms with Gasteiger partial charge >= 0.3 is 26.2 Å². The molecule has 66 valence electrons. The summed E-state index contributed by atoms with van der Waals surface area (Å²) in [6.45, 7) is 2.12. The molecule has 0 saturated carbocycles. The minimum Gasteiger partial charge on any atom is -2.00 e. The van der Waals surface area contributed by atoms with Gasteiger partial charge in [0.1, 0.15) is 0 Å². The van der Waals surface area contributed by atoms with Crippen molar-refractivity contribution in [2.75, 3.05) is 0 Å². The molecular formula is C10H9O2Zr-. The SMILES string of the molecule is Cc1cc2ccccc2[cH-]1.[O-2].[O-2].[Zr+4]. The average molecular weight is 252 g/mol. The van der Waals surface area contributed by atoms with Gasteiger partial charge in [0, 0.05) is 0 Å². The molecule has 0 aromatic heterocycles. The van der Waals surface area contributed by atoms with Gasteiger partial charge in [0.25, 0.3) is 0 Å². The second kappa shape index (κ2) is 6.14. The van der Waals surface area contributed by atoms with E-state index >= 15 is 0 Å². The van der Waals surface area contributed by atoms with Crippen LogP contribution in [0.3, 0.4) is 0 Å². The monoisotopic (exact) mass is 251 g/mol. The molecule has 0 aliphatic rings. The summed E-state index contributed by atoms with van der Waals surface area (Å²) >= 11 is 0. The Hall–Kier alpha value is -0.367. The van der Waals surface area contributed by atoms with Gasteiger partial charge in [0.15, 0.2) is 0 Å². The van der Waals surface area contributed by atoms with E-state index in [2.05, 4.69) is 43.3 Å². The van der Waals surface area contributed by atoms with Crippen molar-refractivity contribution in [2.45, 2.75) is 6.92 Å².